The van der Waals surface area contributed by atoms with Crippen LogP contribution in [0.5, 0.6) is 0 Å². The number of piperidine rings is 1. The highest BCUT2D eigenvalue weighted by Gasteiger charge is 2.34. The van der Waals surface area contributed by atoms with Crippen molar-refractivity contribution in [3.05, 3.63) is 63.8 Å². The largest absolute Gasteiger partial charge is 0.373 e. The number of anilines is 2. The Kier molecular flexibility index (Phi) is 7.01. The summed E-state index contributed by atoms with van der Waals surface area (Å²) in [6.45, 7) is 2.12. The molecule has 0 atom stereocenters. The minimum atomic E-state index is -0.482. The third-order valence-corrected chi connectivity index (χ3v) is 7.86. The number of imide groups is 1. The number of halogens is 2. The van der Waals surface area contributed by atoms with E-state index in [9.17, 15) is 9.59 Å². The van der Waals surface area contributed by atoms with Crippen molar-refractivity contribution in [1.82, 2.24) is 16.0 Å². The average molecular weight is 556 g/mol. The summed E-state index contributed by atoms with van der Waals surface area (Å²) in [6, 6.07) is 12.4. The molecule has 9 nitrogen and oxygen atoms in total. The number of benzene rings is 2. The summed E-state index contributed by atoms with van der Waals surface area (Å²) >= 11 is 13.0. The van der Waals surface area contributed by atoms with E-state index in [0.29, 0.717) is 39.5 Å². The molecule has 2 saturated heterocycles. The van der Waals surface area contributed by atoms with Crippen LogP contribution in [-0.2, 0) is 16.1 Å². The predicted octanol–water partition coefficient (Wildman–Crippen LogP) is 5.27. The Morgan fingerprint density at radius 1 is 0.974 bits per heavy atom. The fraction of sp³-hybridized carbons (Fsp3) is 0.370. The van der Waals surface area contributed by atoms with Crippen molar-refractivity contribution in [2.75, 3.05) is 29.4 Å². The Bertz CT molecular complexity index is 1310. The summed E-state index contributed by atoms with van der Waals surface area (Å²) in [5.74, 6) is 0.964. The summed E-state index contributed by atoms with van der Waals surface area (Å²) in [4.78, 5) is 27.6. The molecule has 0 spiro atoms. The van der Waals surface area contributed by atoms with Gasteiger partial charge in [0.15, 0.2) is 0 Å². The number of aromatic nitrogens is 1. The van der Waals surface area contributed by atoms with Gasteiger partial charge < -0.3 is 14.2 Å². The van der Waals surface area contributed by atoms with Crippen molar-refractivity contribution in [3.63, 3.8) is 0 Å². The molecular formula is C27H27Cl2N5O4. The fourth-order valence-electron chi connectivity index (χ4n) is 5.05. The van der Waals surface area contributed by atoms with Crippen LogP contribution in [0, 0.1) is 0 Å². The molecule has 0 bridgehead atoms. The van der Waals surface area contributed by atoms with Gasteiger partial charge in [0.1, 0.15) is 11.5 Å². The van der Waals surface area contributed by atoms with Crippen molar-refractivity contribution in [3.8, 4) is 11.3 Å². The maximum absolute atomic E-state index is 12.1. The number of hydrogen-bond acceptors (Lipinski definition) is 7. The normalized spacial score (nSPS) is 18.7. The number of ether oxygens (including phenoxy) is 1. The van der Waals surface area contributed by atoms with Crippen LogP contribution in [0.25, 0.3) is 11.3 Å². The summed E-state index contributed by atoms with van der Waals surface area (Å²) in [5, 5.41) is 5.43. The molecule has 3 amide bonds. The third-order valence-electron chi connectivity index (χ3n) is 7.23. The molecule has 2 aromatic carbocycles. The fourth-order valence-corrected chi connectivity index (χ4v) is 5.62. The van der Waals surface area contributed by atoms with Gasteiger partial charge in [-0.15, -0.1) is 0 Å². The molecule has 0 radical (unpaired) electrons. The molecule has 6 rings (SSSR count). The van der Waals surface area contributed by atoms with Gasteiger partial charge in [-0.25, -0.2) is 15.1 Å². The monoisotopic (exact) mass is 555 g/mol. The van der Waals surface area contributed by atoms with E-state index in [2.05, 4.69) is 20.9 Å². The van der Waals surface area contributed by atoms with Gasteiger partial charge in [-0.3, -0.25) is 10.2 Å². The van der Waals surface area contributed by atoms with E-state index in [1.54, 1.807) is 24.3 Å². The lowest BCUT2D eigenvalue weighted by molar-refractivity contribution is -0.117. The summed E-state index contributed by atoms with van der Waals surface area (Å²) in [7, 11) is 0. The van der Waals surface area contributed by atoms with Crippen molar-refractivity contribution in [2.45, 2.75) is 44.3 Å². The standard InChI is InChI=1S/C27H27Cl2N5O4/c28-21-2-1-3-22(29)24(21)25-20(26(38-32-25)16-4-5-16)15-37-19-10-12-33(13-11-19)17-6-8-18(9-7-17)34-23(35)14-30-31-27(34)36/h1-3,6-9,16,19,30H,4-5,10-15H2,(H,31,36). The molecule has 198 valence electrons. The van der Waals surface area contributed by atoms with E-state index < -0.39 is 6.03 Å². The number of nitrogens with one attached hydrogen (secondary N) is 2. The molecule has 1 aliphatic carbocycles. The van der Waals surface area contributed by atoms with Crippen LogP contribution < -0.4 is 20.7 Å². The summed E-state index contributed by atoms with van der Waals surface area (Å²) < 4.78 is 12.1. The SMILES string of the molecule is O=C1CNNC(=O)N1c1ccc(N2CCC(OCc3c(-c4c(Cl)cccc4Cl)noc3C3CC3)CC2)cc1. The van der Waals surface area contributed by atoms with Crippen molar-refractivity contribution >= 4 is 46.5 Å². The first-order valence-electron chi connectivity index (χ1n) is 12.7. The molecule has 2 aliphatic heterocycles. The number of carbonyl (C=O) groups is 2. The van der Waals surface area contributed by atoms with Crippen molar-refractivity contribution in [2.24, 2.45) is 0 Å². The Labute approximate surface area is 230 Å². The highest BCUT2D eigenvalue weighted by molar-refractivity contribution is 6.39. The zero-order valence-electron chi connectivity index (χ0n) is 20.6. The van der Waals surface area contributed by atoms with Gasteiger partial charge in [0.2, 0.25) is 0 Å². The van der Waals surface area contributed by atoms with Crippen LogP contribution in [-0.4, -0.2) is 42.8 Å². The van der Waals surface area contributed by atoms with Gasteiger partial charge in [0.25, 0.3) is 5.91 Å². The second kappa shape index (κ2) is 10.6. The summed E-state index contributed by atoms with van der Waals surface area (Å²) in [5.41, 5.74) is 8.91. The highest BCUT2D eigenvalue weighted by atomic mass is 35.5. The van der Waals surface area contributed by atoms with Gasteiger partial charge >= 0.3 is 6.03 Å². The molecule has 1 aromatic heterocycles. The molecular weight excluding hydrogens is 529 g/mol. The lowest BCUT2D eigenvalue weighted by Crippen LogP contribution is -2.58. The minimum absolute atomic E-state index is 0.0605. The van der Waals surface area contributed by atoms with Gasteiger partial charge in [0, 0.05) is 35.8 Å². The van der Waals surface area contributed by atoms with Crippen molar-refractivity contribution < 1.29 is 18.8 Å². The predicted molar refractivity (Wildman–Crippen MR) is 144 cm³/mol. The zero-order valence-corrected chi connectivity index (χ0v) is 22.1. The Morgan fingerprint density at radius 2 is 1.66 bits per heavy atom. The highest BCUT2D eigenvalue weighted by Crippen LogP contribution is 2.46. The quantitative estimate of drug-likeness (QED) is 0.409. The molecule has 38 heavy (non-hydrogen) atoms. The first kappa shape index (κ1) is 25.2. The second-order valence-electron chi connectivity index (χ2n) is 9.77. The van der Waals surface area contributed by atoms with E-state index in [-0.39, 0.29) is 18.6 Å². The minimum Gasteiger partial charge on any atom is -0.373 e. The Hall–Kier alpha value is -3.11. The van der Waals surface area contributed by atoms with Gasteiger partial charge in [-0.05, 0) is 62.1 Å². The van der Waals surface area contributed by atoms with E-state index in [1.807, 2.05) is 18.2 Å². The first-order valence-corrected chi connectivity index (χ1v) is 13.5. The molecule has 3 heterocycles. The number of rotatable bonds is 7. The molecule has 11 heteroatoms. The van der Waals surface area contributed by atoms with E-state index in [4.69, 9.17) is 32.5 Å². The topological polar surface area (TPSA) is 99.9 Å². The van der Waals surface area contributed by atoms with Gasteiger partial charge in [-0.2, -0.15) is 0 Å². The van der Waals surface area contributed by atoms with E-state index in [1.165, 1.54) is 0 Å². The number of amides is 3. The zero-order chi connectivity index (χ0) is 26.2. The van der Waals surface area contributed by atoms with Crippen LogP contribution in [0.15, 0.2) is 47.0 Å². The number of carbonyl (C=O) groups excluding carboxylic acids is 2. The molecule has 3 aromatic rings. The molecule has 1 saturated carbocycles. The number of urea groups is 1. The molecule has 3 aliphatic rings. The molecule has 0 unspecified atom stereocenters. The number of nitrogens with zero attached hydrogens (tertiary/aromatic N) is 3. The second-order valence-corrected chi connectivity index (χ2v) is 10.6. The van der Waals surface area contributed by atoms with Crippen LogP contribution in [0.3, 0.4) is 0 Å². The summed E-state index contributed by atoms with van der Waals surface area (Å²) in [6.07, 6.45) is 4.01. The number of hydrogen-bond donors (Lipinski definition) is 2. The Balaban J connectivity index is 1.09. The lowest BCUT2D eigenvalue weighted by atomic mass is 10.0. The van der Waals surface area contributed by atoms with Crippen LogP contribution in [0.4, 0.5) is 16.2 Å². The smallest absolute Gasteiger partial charge is 0.343 e. The molecule has 3 fully saturated rings. The van der Waals surface area contributed by atoms with E-state index in [0.717, 1.165) is 60.7 Å². The first-order chi connectivity index (χ1) is 18.5. The lowest BCUT2D eigenvalue weighted by Gasteiger charge is -2.34. The van der Waals surface area contributed by atoms with Crippen LogP contribution >= 0.6 is 23.2 Å². The van der Waals surface area contributed by atoms with Gasteiger partial charge in [-0.1, -0.05) is 34.4 Å². The van der Waals surface area contributed by atoms with Crippen molar-refractivity contribution in [1.29, 1.82) is 0 Å². The third kappa shape index (κ3) is 4.99. The Morgan fingerprint density at radius 3 is 2.32 bits per heavy atom. The maximum atomic E-state index is 12.1. The van der Waals surface area contributed by atoms with Crippen LogP contribution in [0.1, 0.15) is 42.9 Å². The maximum Gasteiger partial charge on any atom is 0.343 e. The number of hydrazine groups is 1. The average Bonchev–Trinajstić information content (AvgIpc) is 3.68. The van der Waals surface area contributed by atoms with E-state index >= 15 is 0 Å². The van der Waals surface area contributed by atoms with Crippen LogP contribution in [0.2, 0.25) is 10.0 Å². The van der Waals surface area contributed by atoms with Gasteiger partial charge in [0.05, 0.1) is 35.0 Å². The molecule has 2 N–H and O–H groups in total.